The molecule has 4 atom stereocenters. The van der Waals surface area contributed by atoms with E-state index >= 15 is 0 Å². The molecule has 6 nitrogen and oxygen atoms in total. The molecule has 2 N–H and O–H groups in total. The zero-order valence-electron chi connectivity index (χ0n) is 16.9. The third-order valence-corrected chi connectivity index (χ3v) is 6.48. The SMILES string of the molecule is CC1(C(F)(F)F)C=CC=CC1CC1OC(=O)c2cc(N3CC[C@@H](NC(=O)O)C3)ccc21. The van der Waals surface area contributed by atoms with Crippen LogP contribution in [0.25, 0.3) is 0 Å². The van der Waals surface area contributed by atoms with Gasteiger partial charge in [0.1, 0.15) is 6.10 Å². The van der Waals surface area contributed by atoms with Gasteiger partial charge in [-0.1, -0.05) is 30.4 Å². The topological polar surface area (TPSA) is 78.9 Å². The van der Waals surface area contributed by atoms with Gasteiger partial charge in [-0.05, 0) is 37.8 Å². The summed E-state index contributed by atoms with van der Waals surface area (Å²) < 4.78 is 46.6. The lowest BCUT2D eigenvalue weighted by Gasteiger charge is -2.37. The fraction of sp³-hybridized carbons (Fsp3) is 0.455. The van der Waals surface area contributed by atoms with Gasteiger partial charge in [0.15, 0.2) is 0 Å². The average molecular weight is 436 g/mol. The maximum absolute atomic E-state index is 13.7. The Hall–Kier alpha value is -2.97. The van der Waals surface area contributed by atoms with E-state index < -0.39 is 35.7 Å². The van der Waals surface area contributed by atoms with E-state index in [9.17, 15) is 22.8 Å². The first-order valence-electron chi connectivity index (χ1n) is 10.1. The monoisotopic (exact) mass is 436 g/mol. The van der Waals surface area contributed by atoms with Gasteiger partial charge >= 0.3 is 18.2 Å². The van der Waals surface area contributed by atoms with Crippen LogP contribution in [0.1, 0.15) is 41.8 Å². The molecule has 0 aromatic heterocycles. The Morgan fingerprint density at radius 2 is 2.13 bits per heavy atom. The molecule has 3 unspecified atom stereocenters. The Morgan fingerprint density at radius 1 is 1.35 bits per heavy atom. The number of fused-ring (bicyclic) bond motifs is 1. The molecule has 4 rings (SSSR count). The van der Waals surface area contributed by atoms with Crippen LogP contribution in [-0.2, 0) is 4.74 Å². The highest BCUT2D eigenvalue weighted by Crippen LogP contribution is 2.51. The van der Waals surface area contributed by atoms with Gasteiger partial charge in [0, 0.05) is 24.3 Å². The van der Waals surface area contributed by atoms with Crippen LogP contribution < -0.4 is 10.2 Å². The molecule has 0 bridgehead atoms. The fourth-order valence-corrected chi connectivity index (χ4v) is 4.55. The number of ether oxygens (including phenoxy) is 1. The molecular formula is C22H23F3N2O4. The molecule has 2 heterocycles. The van der Waals surface area contributed by atoms with Crippen molar-refractivity contribution in [1.82, 2.24) is 5.32 Å². The molecule has 1 fully saturated rings. The number of esters is 1. The van der Waals surface area contributed by atoms with E-state index in [2.05, 4.69) is 5.32 Å². The van der Waals surface area contributed by atoms with Crippen molar-refractivity contribution in [3.63, 3.8) is 0 Å². The lowest BCUT2D eigenvalue weighted by Crippen LogP contribution is -2.41. The second kappa shape index (κ2) is 7.62. The van der Waals surface area contributed by atoms with E-state index in [1.807, 2.05) is 4.90 Å². The maximum Gasteiger partial charge on any atom is 0.404 e. The van der Waals surface area contributed by atoms with E-state index in [1.165, 1.54) is 12.2 Å². The first-order chi connectivity index (χ1) is 14.6. The molecule has 1 saturated heterocycles. The Kier molecular flexibility index (Phi) is 5.23. The van der Waals surface area contributed by atoms with Crippen molar-refractivity contribution in [2.45, 2.75) is 38.1 Å². The van der Waals surface area contributed by atoms with E-state index in [0.717, 1.165) is 18.7 Å². The van der Waals surface area contributed by atoms with Crippen molar-refractivity contribution in [2.24, 2.45) is 11.3 Å². The van der Waals surface area contributed by atoms with Crippen LogP contribution >= 0.6 is 0 Å². The van der Waals surface area contributed by atoms with Crippen LogP contribution in [0.15, 0.2) is 42.5 Å². The number of hydrogen-bond acceptors (Lipinski definition) is 4. The molecule has 1 aliphatic carbocycles. The largest absolute Gasteiger partial charge is 0.465 e. The highest BCUT2D eigenvalue weighted by molar-refractivity contribution is 5.95. The molecule has 1 aromatic carbocycles. The van der Waals surface area contributed by atoms with Gasteiger partial charge in [-0.2, -0.15) is 13.2 Å². The smallest absolute Gasteiger partial charge is 0.404 e. The predicted octanol–water partition coefficient (Wildman–Crippen LogP) is 4.45. The van der Waals surface area contributed by atoms with Crippen LogP contribution in [0.4, 0.5) is 23.7 Å². The number of hydrogen-bond donors (Lipinski definition) is 2. The van der Waals surface area contributed by atoms with Crippen LogP contribution in [0.2, 0.25) is 0 Å². The summed E-state index contributed by atoms with van der Waals surface area (Å²) in [7, 11) is 0. The van der Waals surface area contributed by atoms with Gasteiger partial charge in [-0.25, -0.2) is 9.59 Å². The standard InChI is InChI=1S/C22H23F3N2O4/c1-21(22(23,24)25)8-3-2-4-13(21)10-18-16-6-5-15(11-17(16)19(28)31-18)27-9-7-14(12-27)26-20(29)30/h2-6,8,11,13-14,18,26H,7,9-10,12H2,1H3,(H,29,30)/t13?,14-,18?,21?/m1/s1. The molecule has 3 aliphatic rings. The van der Waals surface area contributed by atoms with Gasteiger partial charge < -0.3 is 20.1 Å². The van der Waals surface area contributed by atoms with Crippen LogP contribution in [0, 0.1) is 11.3 Å². The maximum atomic E-state index is 13.7. The summed E-state index contributed by atoms with van der Waals surface area (Å²) in [5.74, 6) is -1.41. The number of carbonyl (C=O) groups excluding carboxylic acids is 1. The first-order valence-corrected chi connectivity index (χ1v) is 10.1. The molecule has 31 heavy (non-hydrogen) atoms. The summed E-state index contributed by atoms with van der Waals surface area (Å²) in [6, 6.07) is 5.01. The third kappa shape index (κ3) is 3.88. The number of alkyl halides is 3. The average Bonchev–Trinajstić information content (AvgIpc) is 3.27. The highest BCUT2D eigenvalue weighted by atomic mass is 19.4. The van der Waals surface area contributed by atoms with Crippen molar-refractivity contribution < 1.29 is 32.6 Å². The van der Waals surface area contributed by atoms with E-state index in [4.69, 9.17) is 9.84 Å². The highest BCUT2D eigenvalue weighted by Gasteiger charge is 2.54. The van der Waals surface area contributed by atoms with Gasteiger partial charge in [0.25, 0.3) is 0 Å². The minimum atomic E-state index is -4.43. The number of halogens is 3. The summed E-state index contributed by atoms with van der Waals surface area (Å²) in [5.41, 5.74) is -0.341. The molecule has 0 radical (unpaired) electrons. The Morgan fingerprint density at radius 3 is 2.84 bits per heavy atom. The lowest BCUT2D eigenvalue weighted by atomic mass is 9.71. The van der Waals surface area contributed by atoms with Gasteiger partial charge in [-0.15, -0.1) is 0 Å². The van der Waals surface area contributed by atoms with Gasteiger partial charge in [0.2, 0.25) is 0 Å². The second-order valence-electron chi connectivity index (χ2n) is 8.41. The minimum Gasteiger partial charge on any atom is -0.465 e. The number of carboxylic acid groups (broad SMARTS) is 1. The summed E-state index contributed by atoms with van der Waals surface area (Å²) in [6.45, 7) is 2.27. The van der Waals surface area contributed by atoms with Crippen molar-refractivity contribution in [2.75, 3.05) is 18.0 Å². The zero-order valence-corrected chi connectivity index (χ0v) is 16.9. The van der Waals surface area contributed by atoms with Crippen LogP contribution in [-0.4, -0.2) is 42.5 Å². The number of cyclic esters (lactones) is 1. The predicted molar refractivity (Wildman–Crippen MR) is 107 cm³/mol. The van der Waals surface area contributed by atoms with Crippen molar-refractivity contribution in [3.8, 4) is 0 Å². The van der Waals surface area contributed by atoms with Crippen molar-refractivity contribution >= 4 is 17.7 Å². The molecular weight excluding hydrogens is 413 g/mol. The quantitative estimate of drug-likeness (QED) is 0.682. The number of benzene rings is 1. The number of anilines is 1. The first kappa shape index (κ1) is 21.3. The molecule has 2 aliphatic heterocycles. The Balaban J connectivity index is 1.52. The summed E-state index contributed by atoms with van der Waals surface area (Å²) >= 11 is 0. The molecule has 9 heteroatoms. The Bertz CT molecular complexity index is 959. The molecule has 0 spiro atoms. The Labute approximate surface area is 177 Å². The van der Waals surface area contributed by atoms with E-state index in [-0.39, 0.29) is 12.5 Å². The van der Waals surface area contributed by atoms with Crippen molar-refractivity contribution in [1.29, 1.82) is 0 Å². The summed E-state index contributed by atoms with van der Waals surface area (Å²) in [6.07, 6.45) is 0.0910. The number of carbonyl (C=O) groups is 2. The number of nitrogens with one attached hydrogen (secondary N) is 1. The third-order valence-electron chi connectivity index (χ3n) is 6.48. The van der Waals surface area contributed by atoms with Crippen molar-refractivity contribution in [3.05, 3.63) is 53.6 Å². The molecule has 1 aromatic rings. The number of nitrogens with zero attached hydrogens (tertiary/aromatic N) is 1. The molecule has 0 saturated carbocycles. The van der Waals surface area contributed by atoms with Gasteiger partial charge in [0.05, 0.1) is 17.0 Å². The second-order valence-corrected chi connectivity index (χ2v) is 8.41. The van der Waals surface area contributed by atoms with Crippen LogP contribution in [0.3, 0.4) is 0 Å². The van der Waals surface area contributed by atoms with Gasteiger partial charge in [-0.3, -0.25) is 0 Å². The molecule has 166 valence electrons. The normalized spacial score (nSPS) is 29.7. The lowest BCUT2D eigenvalue weighted by molar-refractivity contribution is -0.214. The van der Waals surface area contributed by atoms with E-state index in [1.54, 1.807) is 24.3 Å². The number of allylic oxidation sites excluding steroid dienone is 4. The minimum absolute atomic E-state index is 0.0310. The fourth-order valence-electron chi connectivity index (χ4n) is 4.55. The van der Waals surface area contributed by atoms with Crippen LogP contribution in [0.5, 0.6) is 0 Å². The number of amides is 1. The zero-order chi connectivity index (χ0) is 22.4. The molecule has 1 amide bonds. The summed E-state index contributed by atoms with van der Waals surface area (Å²) in [4.78, 5) is 25.3. The number of rotatable bonds is 4. The summed E-state index contributed by atoms with van der Waals surface area (Å²) in [5, 5.41) is 11.3. The van der Waals surface area contributed by atoms with E-state index in [0.29, 0.717) is 30.6 Å².